The topological polar surface area (TPSA) is 69.9 Å². The van der Waals surface area contributed by atoms with Gasteiger partial charge in [-0.15, -0.1) is 24.8 Å². The van der Waals surface area contributed by atoms with Gasteiger partial charge in [0.1, 0.15) is 0 Å². The number of nitrogens with zero attached hydrogens (tertiary/aromatic N) is 3. The lowest BCUT2D eigenvalue weighted by Crippen LogP contribution is -2.52. The monoisotopic (exact) mass is 430 g/mol. The largest absolute Gasteiger partial charge is 0.398 e. The third-order valence-electron chi connectivity index (χ3n) is 5.73. The van der Waals surface area contributed by atoms with Crippen LogP contribution in [0.15, 0.2) is 24.3 Å². The van der Waals surface area contributed by atoms with Crippen LogP contribution in [0.2, 0.25) is 0 Å². The predicted molar refractivity (Wildman–Crippen MR) is 117 cm³/mol. The van der Waals surface area contributed by atoms with E-state index in [1.165, 1.54) is 19.3 Å². The van der Waals surface area contributed by atoms with E-state index in [9.17, 15) is 9.59 Å². The molecule has 2 N–H and O–H groups in total. The molecule has 1 aromatic rings. The molecule has 0 unspecified atom stereocenters. The zero-order chi connectivity index (χ0) is 18.5. The number of nitrogen functional groups attached to an aromatic ring is 1. The van der Waals surface area contributed by atoms with Crippen molar-refractivity contribution in [3.05, 3.63) is 29.8 Å². The maximum absolute atomic E-state index is 12.6. The average Bonchev–Trinajstić information content (AvgIpc) is 2.68. The van der Waals surface area contributed by atoms with E-state index in [0.717, 1.165) is 25.9 Å². The third-order valence-corrected chi connectivity index (χ3v) is 5.73. The molecule has 1 aliphatic carbocycles. The van der Waals surface area contributed by atoms with Crippen LogP contribution in [0, 0.1) is 0 Å². The van der Waals surface area contributed by atoms with E-state index in [-0.39, 0.29) is 36.6 Å². The SMILES string of the molecule is CN(C(=O)CN1CCN(C(=O)c2ccccc2N)CC1)C1CCCCC1.Cl.Cl. The minimum absolute atomic E-state index is 0. The number of hydrogen-bond donors (Lipinski definition) is 1. The Labute approximate surface area is 180 Å². The van der Waals surface area contributed by atoms with E-state index in [1.54, 1.807) is 12.1 Å². The number of hydrogen-bond acceptors (Lipinski definition) is 4. The minimum Gasteiger partial charge on any atom is -0.398 e. The quantitative estimate of drug-likeness (QED) is 0.745. The van der Waals surface area contributed by atoms with Crippen LogP contribution in [0.5, 0.6) is 0 Å². The van der Waals surface area contributed by atoms with Crippen LogP contribution in [-0.4, -0.2) is 72.3 Å². The molecule has 1 heterocycles. The Balaban J connectivity index is 0.00000196. The molecular formula is C20H32Cl2N4O2. The van der Waals surface area contributed by atoms with Gasteiger partial charge >= 0.3 is 0 Å². The molecule has 0 bridgehead atoms. The van der Waals surface area contributed by atoms with Crippen LogP contribution >= 0.6 is 24.8 Å². The number of para-hydroxylation sites is 1. The molecule has 1 aliphatic heterocycles. The third kappa shape index (κ3) is 6.00. The number of amides is 2. The van der Waals surface area contributed by atoms with E-state index < -0.39 is 0 Å². The molecule has 0 radical (unpaired) electrons. The van der Waals surface area contributed by atoms with Gasteiger partial charge in [-0.1, -0.05) is 31.4 Å². The molecule has 3 rings (SSSR count). The summed E-state index contributed by atoms with van der Waals surface area (Å²) in [5, 5.41) is 0. The van der Waals surface area contributed by atoms with Crippen molar-refractivity contribution in [1.29, 1.82) is 0 Å². The number of carbonyl (C=O) groups is 2. The zero-order valence-corrected chi connectivity index (χ0v) is 18.1. The number of anilines is 1. The number of piperazine rings is 1. The van der Waals surface area contributed by atoms with E-state index >= 15 is 0 Å². The van der Waals surface area contributed by atoms with Gasteiger partial charge in [-0.3, -0.25) is 14.5 Å². The summed E-state index contributed by atoms with van der Waals surface area (Å²) in [6.45, 7) is 3.16. The summed E-state index contributed by atoms with van der Waals surface area (Å²) < 4.78 is 0. The highest BCUT2D eigenvalue weighted by molar-refractivity contribution is 5.99. The van der Waals surface area contributed by atoms with Gasteiger partial charge in [-0.05, 0) is 25.0 Å². The summed E-state index contributed by atoms with van der Waals surface area (Å²) in [6, 6.07) is 7.59. The van der Waals surface area contributed by atoms with Gasteiger partial charge in [0.2, 0.25) is 5.91 Å². The van der Waals surface area contributed by atoms with Gasteiger partial charge < -0.3 is 15.5 Å². The number of nitrogens with two attached hydrogens (primary N) is 1. The van der Waals surface area contributed by atoms with Crippen LogP contribution < -0.4 is 5.73 Å². The molecule has 2 fully saturated rings. The highest BCUT2D eigenvalue weighted by Gasteiger charge is 2.27. The van der Waals surface area contributed by atoms with E-state index in [4.69, 9.17) is 5.73 Å². The Bertz CT molecular complexity index is 645. The fourth-order valence-corrected chi connectivity index (χ4v) is 3.95. The highest BCUT2D eigenvalue weighted by Crippen LogP contribution is 2.22. The van der Waals surface area contributed by atoms with Gasteiger partial charge in [0.05, 0.1) is 12.1 Å². The number of rotatable bonds is 4. The fraction of sp³-hybridized carbons (Fsp3) is 0.600. The standard InChI is InChI=1S/C20H30N4O2.2ClH/c1-22(16-7-3-2-4-8-16)19(25)15-23-11-13-24(14-12-23)20(26)17-9-5-6-10-18(17)21;;/h5-6,9-10,16H,2-4,7-8,11-15,21H2,1H3;2*1H. The molecule has 0 atom stereocenters. The molecule has 0 aromatic heterocycles. The van der Waals surface area contributed by atoms with Crippen molar-refractivity contribution < 1.29 is 9.59 Å². The Morgan fingerprint density at radius 3 is 2.25 bits per heavy atom. The van der Waals surface area contributed by atoms with Gasteiger partial charge in [-0.25, -0.2) is 0 Å². The summed E-state index contributed by atoms with van der Waals surface area (Å²) >= 11 is 0. The lowest BCUT2D eigenvalue weighted by molar-refractivity contribution is -0.134. The second-order valence-electron chi connectivity index (χ2n) is 7.45. The molecule has 6 nitrogen and oxygen atoms in total. The molecule has 1 saturated heterocycles. The Morgan fingerprint density at radius 2 is 1.64 bits per heavy atom. The molecule has 0 spiro atoms. The summed E-state index contributed by atoms with van der Waals surface area (Å²) in [5.41, 5.74) is 7.00. The highest BCUT2D eigenvalue weighted by atomic mass is 35.5. The van der Waals surface area contributed by atoms with Gasteiger partial charge in [-0.2, -0.15) is 0 Å². The number of carbonyl (C=O) groups excluding carboxylic acids is 2. The lowest BCUT2D eigenvalue weighted by atomic mass is 9.94. The normalized spacial score (nSPS) is 18.0. The van der Waals surface area contributed by atoms with Crippen LogP contribution in [0.4, 0.5) is 5.69 Å². The Morgan fingerprint density at radius 1 is 1.04 bits per heavy atom. The molecule has 1 saturated carbocycles. The second-order valence-corrected chi connectivity index (χ2v) is 7.45. The first-order valence-corrected chi connectivity index (χ1v) is 9.68. The zero-order valence-electron chi connectivity index (χ0n) is 16.5. The van der Waals surface area contributed by atoms with E-state index in [0.29, 0.717) is 36.9 Å². The van der Waals surface area contributed by atoms with Crippen LogP contribution in [0.25, 0.3) is 0 Å². The number of likely N-dealkylation sites (N-methyl/N-ethyl adjacent to an activating group) is 1. The molecule has 158 valence electrons. The van der Waals surface area contributed by atoms with Crippen molar-refractivity contribution in [3.8, 4) is 0 Å². The van der Waals surface area contributed by atoms with Crippen molar-refractivity contribution in [2.24, 2.45) is 0 Å². The first kappa shape index (κ1) is 24.5. The van der Waals surface area contributed by atoms with Crippen molar-refractivity contribution in [2.45, 2.75) is 38.1 Å². The number of benzene rings is 1. The average molecular weight is 431 g/mol. The fourth-order valence-electron chi connectivity index (χ4n) is 3.95. The second kappa shape index (κ2) is 11.5. The smallest absolute Gasteiger partial charge is 0.256 e. The van der Waals surface area contributed by atoms with E-state index in [1.807, 2.05) is 29.0 Å². The molecule has 2 aliphatic rings. The maximum atomic E-state index is 12.6. The predicted octanol–water partition coefficient (Wildman–Crippen LogP) is 2.66. The van der Waals surface area contributed by atoms with Crippen LogP contribution in [0.1, 0.15) is 42.5 Å². The lowest BCUT2D eigenvalue weighted by Gasteiger charge is -2.37. The van der Waals surface area contributed by atoms with Gasteiger partial charge in [0.25, 0.3) is 5.91 Å². The molecule has 2 amide bonds. The Hall–Kier alpha value is -1.50. The number of halogens is 2. The summed E-state index contributed by atoms with van der Waals surface area (Å²) in [4.78, 5) is 31.1. The van der Waals surface area contributed by atoms with Gasteiger partial charge in [0.15, 0.2) is 0 Å². The molecular weight excluding hydrogens is 399 g/mol. The van der Waals surface area contributed by atoms with Crippen LogP contribution in [0.3, 0.4) is 0 Å². The summed E-state index contributed by atoms with van der Waals surface area (Å²) in [7, 11) is 1.94. The van der Waals surface area contributed by atoms with E-state index in [2.05, 4.69) is 4.90 Å². The van der Waals surface area contributed by atoms with Crippen molar-refractivity contribution in [2.75, 3.05) is 45.5 Å². The molecule has 28 heavy (non-hydrogen) atoms. The summed E-state index contributed by atoms with van der Waals surface area (Å²) in [6.07, 6.45) is 6.00. The first-order chi connectivity index (χ1) is 12.6. The summed E-state index contributed by atoms with van der Waals surface area (Å²) in [5.74, 6) is 0.178. The minimum atomic E-state index is -0.0200. The van der Waals surface area contributed by atoms with Crippen molar-refractivity contribution in [1.82, 2.24) is 14.7 Å². The van der Waals surface area contributed by atoms with Crippen molar-refractivity contribution >= 4 is 42.3 Å². The van der Waals surface area contributed by atoms with Crippen LogP contribution in [-0.2, 0) is 4.79 Å². The van der Waals surface area contributed by atoms with Gasteiger partial charge in [0, 0.05) is 45.0 Å². The van der Waals surface area contributed by atoms with Crippen molar-refractivity contribution in [3.63, 3.8) is 0 Å². The Kier molecular flexibility index (Phi) is 10.1. The maximum Gasteiger partial charge on any atom is 0.256 e. The molecule has 8 heteroatoms. The first-order valence-electron chi connectivity index (χ1n) is 9.68. The molecule has 1 aromatic carbocycles.